The Kier molecular flexibility index (Phi) is 31.8. The minimum absolute atomic E-state index is 0.111. The largest absolute Gasteiger partial charge is 0.462 e. The highest BCUT2D eigenvalue weighted by atomic mass is 32.3. The van der Waals surface area contributed by atoms with Crippen LogP contribution in [0.4, 0.5) is 0 Å². The quantitative estimate of drug-likeness (QED) is 0.0565. The molecule has 0 amide bonds. The summed E-state index contributed by atoms with van der Waals surface area (Å²) in [6.45, 7) is 1.55. The van der Waals surface area contributed by atoms with Gasteiger partial charge in [-0.25, -0.2) is 16.7 Å². The fourth-order valence-electron chi connectivity index (χ4n) is 7.99. The maximum atomic E-state index is 13.0. The molecular formula is C40H78O18S4. The lowest BCUT2D eigenvalue weighted by Gasteiger charge is -2.23. The van der Waals surface area contributed by atoms with E-state index in [1.165, 1.54) is 0 Å². The van der Waals surface area contributed by atoms with Crippen molar-refractivity contribution in [3.63, 3.8) is 0 Å². The van der Waals surface area contributed by atoms with Gasteiger partial charge in [-0.05, 0) is 51.9 Å². The molecule has 1 saturated heterocycles. The van der Waals surface area contributed by atoms with Gasteiger partial charge in [-0.3, -0.25) is 23.0 Å². The zero-order chi connectivity index (χ0) is 46.3. The van der Waals surface area contributed by atoms with Crippen molar-refractivity contribution in [3.05, 3.63) is 0 Å². The summed E-state index contributed by atoms with van der Waals surface area (Å²) in [5, 5.41) is 0. The molecule has 1 heterocycles. The molecule has 0 saturated carbocycles. The van der Waals surface area contributed by atoms with Gasteiger partial charge in [-0.1, -0.05) is 148 Å². The van der Waals surface area contributed by atoms with Crippen LogP contribution in [0.2, 0.25) is 0 Å². The van der Waals surface area contributed by atoms with Crippen molar-refractivity contribution >= 4 is 47.6 Å². The highest BCUT2D eigenvalue weighted by molar-refractivity contribution is 7.81. The number of hydrogen-bond donors (Lipinski definition) is 4. The SMILES string of the molecule is C[C@H](CCCCCCC[C@H](C[C@H]1CCCCCCCCCCC[C@H](OS(=O)(=O)O)C[C@H](OS(=O)(=O)O)CCCCCCCCCCCCCC(=O)O1)OS(=O)(=O)O)OS(=O)(=O)O. The second-order valence-electron chi connectivity index (χ2n) is 16.9. The Labute approximate surface area is 373 Å². The summed E-state index contributed by atoms with van der Waals surface area (Å²) >= 11 is 0. The van der Waals surface area contributed by atoms with Crippen molar-refractivity contribution in [2.75, 3.05) is 0 Å². The Morgan fingerprint density at radius 3 is 1.29 bits per heavy atom. The van der Waals surface area contributed by atoms with E-state index in [1.807, 2.05) is 0 Å². The molecule has 370 valence electrons. The predicted molar refractivity (Wildman–Crippen MR) is 234 cm³/mol. The zero-order valence-electron chi connectivity index (χ0n) is 36.9. The Morgan fingerprint density at radius 1 is 0.500 bits per heavy atom. The molecule has 62 heavy (non-hydrogen) atoms. The molecule has 1 rings (SSSR count). The van der Waals surface area contributed by atoms with Crippen LogP contribution >= 0.6 is 0 Å². The monoisotopic (exact) mass is 974 g/mol. The van der Waals surface area contributed by atoms with Crippen LogP contribution in [0.25, 0.3) is 0 Å². The van der Waals surface area contributed by atoms with Crippen LogP contribution in [0.15, 0.2) is 0 Å². The minimum Gasteiger partial charge on any atom is -0.462 e. The topological polar surface area (TPSA) is 281 Å². The standard InChI is InChI=1S/C40H78O18S4/c1-35(55-59(42,43)44)27-21-15-14-19-25-29-37(56-60(45,46)47)33-36-28-22-16-10-7-5-8-12-18-24-31-39(58-62(51,52)53)34-38(57-61(48,49)50)30-23-17-11-6-3-2-4-9-13-20-26-32-40(41)54-36/h35-39H,2-34H2,1H3,(H,42,43,44)(H,45,46,47)(H,48,49,50)(H,51,52,53)/t35-,36-,37-,38-,39+/m1/s1. The zero-order valence-corrected chi connectivity index (χ0v) is 40.1. The molecule has 22 heteroatoms. The Morgan fingerprint density at radius 2 is 0.871 bits per heavy atom. The van der Waals surface area contributed by atoms with Crippen molar-refractivity contribution in [1.82, 2.24) is 0 Å². The van der Waals surface area contributed by atoms with E-state index in [2.05, 4.69) is 4.18 Å². The lowest BCUT2D eigenvalue weighted by molar-refractivity contribution is -0.150. The normalized spacial score (nSPS) is 23.4. The van der Waals surface area contributed by atoms with Crippen molar-refractivity contribution < 1.29 is 78.1 Å². The molecule has 0 aromatic rings. The summed E-state index contributed by atoms with van der Waals surface area (Å²) in [5.74, 6) is -0.348. The van der Waals surface area contributed by atoms with E-state index in [0.29, 0.717) is 51.4 Å². The van der Waals surface area contributed by atoms with Crippen LogP contribution in [-0.2, 0) is 67.9 Å². The third kappa shape index (κ3) is 39.3. The van der Waals surface area contributed by atoms with Crippen molar-refractivity contribution in [2.24, 2.45) is 0 Å². The molecule has 5 atom stereocenters. The van der Waals surface area contributed by atoms with Crippen LogP contribution in [0.5, 0.6) is 0 Å². The maximum Gasteiger partial charge on any atom is 0.397 e. The average molecular weight is 975 g/mol. The molecule has 0 aromatic heterocycles. The third-order valence-corrected chi connectivity index (χ3v) is 13.1. The number of hydrogen-bond acceptors (Lipinski definition) is 14. The predicted octanol–water partition coefficient (Wildman–Crippen LogP) is 9.56. The van der Waals surface area contributed by atoms with Gasteiger partial charge in [0.05, 0.1) is 24.4 Å². The fourth-order valence-corrected chi connectivity index (χ4v) is 10.1. The summed E-state index contributed by atoms with van der Waals surface area (Å²) in [6, 6.07) is 0. The van der Waals surface area contributed by atoms with Gasteiger partial charge in [-0.2, -0.15) is 33.7 Å². The van der Waals surface area contributed by atoms with Gasteiger partial charge < -0.3 is 4.74 Å². The lowest BCUT2D eigenvalue weighted by atomic mass is 9.98. The van der Waals surface area contributed by atoms with Gasteiger partial charge >= 0.3 is 47.6 Å². The molecule has 4 N–H and O–H groups in total. The number of carbonyl (C=O) groups excluding carboxylic acids is 1. The minimum atomic E-state index is -4.81. The highest BCUT2D eigenvalue weighted by Crippen LogP contribution is 2.25. The third-order valence-electron chi connectivity index (χ3n) is 11.0. The van der Waals surface area contributed by atoms with Crippen LogP contribution in [0.3, 0.4) is 0 Å². The first-order chi connectivity index (χ1) is 29.1. The van der Waals surface area contributed by atoms with Crippen LogP contribution < -0.4 is 0 Å². The summed E-state index contributed by atoms with van der Waals surface area (Å²) in [4.78, 5) is 13.0. The van der Waals surface area contributed by atoms with Gasteiger partial charge in [0.25, 0.3) is 0 Å². The highest BCUT2D eigenvalue weighted by Gasteiger charge is 2.27. The Balaban J connectivity index is 2.81. The van der Waals surface area contributed by atoms with Crippen molar-refractivity contribution in [1.29, 1.82) is 0 Å². The first kappa shape index (κ1) is 59.0. The van der Waals surface area contributed by atoms with Gasteiger partial charge in [0.2, 0.25) is 0 Å². The summed E-state index contributed by atoms with van der Waals surface area (Å²) in [7, 11) is -18.9. The Hall–Kier alpha value is -1.05. The molecule has 18 nitrogen and oxygen atoms in total. The van der Waals surface area contributed by atoms with E-state index < -0.39 is 72.1 Å². The van der Waals surface area contributed by atoms with E-state index >= 15 is 0 Å². The number of esters is 1. The molecular weight excluding hydrogens is 897 g/mol. The second kappa shape index (κ2) is 33.4. The number of ether oxygens (including phenoxy) is 1. The molecule has 1 aliphatic heterocycles. The first-order valence-corrected chi connectivity index (χ1v) is 28.4. The number of rotatable bonds is 18. The molecule has 0 radical (unpaired) electrons. The molecule has 0 aromatic carbocycles. The molecule has 1 aliphatic rings. The summed E-state index contributed by atoms with van der Waals surface area (Å²) < 4.78 is 154. The molecule has 0 spiro atoms. The number of carbonyl (C=O) groups is 1. The molecule has 0 unspecified atom stereocenters. The summed E-state index contributed by atoms with van der Waals surface area (Å²) in [5.41, 5.74) is 0. The average Bonchev–Trinajstić information content (AvgIpc) is 3.12. The van der Waals surface area contributed by atoms with Crippen LogP contribution in [0, 0.1) is 0 Å². The molecule has 0 bridgehead atoms. The van der Waals surface area contributed by atoms with Crippen LogP contribution in [0.1, 0.15) is 219 Å². The smallest absolute Gasteiger partial charge is 0.397 e. The van der Waals surface area contributed by atoms with Gasteiger partial charge in [0.1, 0.15) is 6.10 Å². The number of unbranched alkanes of at least 4 members (excludes halogenated alkanes) is 4. The molecule has 1 fully saturated rings. The van der Waals surface area contributed by atoms with Gasteiger partial charge in [-0.15, -0.1) is 0 Å². The van der Waals surface area contributed by atoms with E-state index in [-0.39, 0.29) is 38.1 Å². The van der Waals surface area contributed by atoms with E-state index in [1.54, 1.807) is 6.92 Å². The van der Waals surface area contributed by atoms with Gasteiger partial charge in [0.15, 0.2) is 0 Å². The fraction of sp³-hybridized carbons (Fsp3) is 0.975. The summed E-state index contributed by atoms with van der Waals surface area (Å²) in [6.07, 6.45) is 18.8. The van der Waals surface area contributed by atoms with Crippen molar-refractivity contribution in [2.45, 2.75) is 249 Å². The Bertz CT molecular complexity index is 1610. The number of cyclic esters (lactones) is 1. The second-order valence-corrected chi connectivity index (χ2v) is 21.1. The molecule has 0 aliphatic carbocycles. The lowest BCUT2D eigenvalue weighted by Crippen LogP contribution is -2.27. The van der Waals surface area contributed by atoms with E-state index in [0.717, 1.165) is 128 Å². The van der Waals surface area contributed by atoms with E-state index in [9.17, 15) is 52.1 Å². The first-order valence-electron chi connectivity index (χ1n) is 22.9. The van der Waals surface area contributed by atoms with E-state index in [4.69, 9.17) is 21.8 Å². The van der Waals surface area contributed by atoms with Gasteiger partial charge in [0, 0.05) is 19.3 Å². The van der Waals surface area contributed by atoms with Crippen LogP contribution in [-0.4, -0.2) is 88.4 Å². The maximum absolute atomic E-state index is 13.0. The van der Waals surface area contributed by atoms with Crippen molar-refractivity contribution in [3.8, 4) is 0 Å².